The molecule has 0 spiro atoms. The van der Waals surface area contributed by atoms with Gasteiger partial charge in [0.15, 0.2) is 0 Å². The van der Waals surface area contributed by atoms with Crippen molar-refractivity contribution in [1.82, 2.24) is 0 Å². The first-order valence-corrected chi connectivity index (χ1v) is 7.86. The van der Waals surface area contributed by atoms with Crippen LogP contribution in [-0.2, 0) is 10.0 Å². The third kappa shape index (κ3) is 3.46. The molecule has 2 aromatic carbocycles. The Labute approximate surface area is 134 Å². The molecule has 0 saturated carbocycles. The van der Waals surface area contributed by atoms with E-state index < -0.39 is 26.5 Å². The highest BCUT2D eigenvalue weighted by Gasteiger charge is 2.21. The normalized spacial score (nSPS) is 11.2. The molecule has 0 unspecified atom stereocenters. The van der Waals surface area contributed by atoms with Crippen molar-refractivity contribution in [2.75, 3.05) is 4.72 Å². The molecule has 22 heavy (non-hydrogen) atoms. The first kappa shape index (κ1) is 16.5. The van der Waals surface area contributed by atoms with Gasteiger partial charge in [-0.05, 0) is 30.3 Å². The van der Waals surface area contributed by atoms with Crippen LogP contribution in [0, 0.1) is 15.9 Å². The number of hydrogen-bond acceptors (Lipinski definition) is 4. The van der Waals surface area contributed by atoms with E-state index in [9.17, 15) is 22.9 Å². The van der Waals surface area contributed by atoms with Gasteiger partial charge in [-0.2, -0.15) is 4.39 Å². The summed E-state index contributed by atoms with van der Waals surface area (Å²) in [5.74, 6) is -1.08. The van der Waals surface area contributed by atoms with Gasteiger partial charge in [-0.3, -0.25) is 14.8 Å². The van der Waals surface area contributed by atoms with Crippen LogP contribution in [0.1, 0.15) is 0 Å². The lowest BCUT2D eigenvalue weighted by molar-refractivity contribution is -0.387. The van der Waals surface area contributed by atoms with E-state index in [0.717, 1.165) is 24.3 Å². The van der Waals surface area contributed by atoms with E-state index in [4.69, 9.17) is 23.2 Å². The summed E-state index contributed by atoms with van der Waals surface area (Å²) in [5, 5.41) is 10.7. The molecular weight excluding hydrogens is 358 g/mol. The van der Waals surface area contributed by atoms with Gasteiger partial charge < -0.3 is 0 Å². The maximum atomic E-state index is 13.2. The number of anilines is 1. The Balaban J connectivity index is 2.43. The third-order valence-electron chi connectivity index (χ3n) is 2.58. The van der Waals surface area contributed by atoms with Crippen LogP contribution in [0.25, 0.3) is 0 Å². The quantitative estimate of drug-likeness (QED) is 0.659. The Kier molecular flexibility index (Phi) is 4.55. The van der Waals surface area contributed by atoms with E-state index in [1.54, 1.807) is 0 Å². The molecular formula is C12H7Cl2FN2O4S. The molecule has 0 heterocycles. The fourth-order valence-corrected chi connectivity index (χ4v) is 3.42. The minimum atomic E-state index is -4.13. The van der Waals surface area contributed by atoms with Crippen LogP contribution in [0.4, 0.5) is 15.8 Å². The molecule has 116 valence electrons. The monoisotopic (exact) mass is 364 g/mol. The molecule has 0 aliphatic rings. The Hall–Kier alpha value is -1.90. The van der Waals surface area contributed by atoms with E-state index in [1.807, 2.05) is 0 Å². The first-order chi connectivity index (χ1) is 10.2. The smallest absolute Gasteiger partial charge is 0.279 e. The zero-order valence-electron chi connectivity index (χ0n) is 10.6. The molecule has 0 radical (unpaired) electrons. The molecule has 2 rings (SSSR count). The Morgan fingerprint density at radius 2 is 1.82 bits per heavy atom. The van der Waals surface area contributed by atoms with Crippen LogP contribution in [0.5, 0.6) is 0 Å². The fourth-order valence-electron chi connectivity index (χ4n) is 1.61. The molecule has 0 bridgehead atoms. The lowest BCUT2D eigenvalue weighted by Crippen LogP contribution is -2.13. The SMILES string of the molecule is O=[N+]([O-])c1cc(NS(=O)(=O)c2cc(Cl)ccc2Cl)ccc1F. The summed E-state index contributed by atoms with van der Waals surface area (Å²) in [6.07, 6.45) is 0. The van der Waals surface area contributed by atoms with Crippen molar-refractivity contribution in [3.05, 3.63) is 62.4 Å². The van der Waals surface area contributed by atoms with E-state index >= 15 is 0 Å². The standard InChI is InChI=1S/C12H7Cl2FN2O4S/c13-7-1-3-9(14)12(5-7)22(20,21)16-8-2-4-10(15)11(6-8)17(18)19/h1-6,16H. The van der Waals surface area contributed by atoms with Gasteiger partial charge in [0, 0.05) is 11.1 Å². The summed E-state index contributed by atoms with van der Waals surface area (Å²) in [6.45, 7) is 0. The summed E-state index contributed by atoms with van der Waals surface area (Å²) in [7, 11) is -4.13. The topological polar surface area (TPSA) is 89.3 Å². The second-order valence-corrected chi connectivity index (χ2v) is 6.60. The van der Waals surface area contributed by atoms with E-state index in [2.05, 4.69) is 4.72 Å². The maximum Gasteiger partial charge on any atom is 0.306 e. The zero-order valence-corrected chi connectivity index (χ0v) is 12.9. The van der Waals surface area contributed by atoms with Crippen molar-refractivity contribution >= 4 is 44.6 Å². The molecule has 1 N–H and O–H groups in total. The van der Waals surface area contributed by atoms with Gasteiger partial charge in [0.1, 0.15) is 4.90 Å². The molecule has 6 nitrogen and oxygen atoms in total. The molecule has 0 saturated heterocycles. The van der Waals surface area contributed by atoms with Crippen molar-refractivity contribution in [3.63, 3.8) is 0 Å². The summed E-state index contributed by atoms with van der Waals surface area (Å²) < 4.78 is 39.8. The number of sulfonamides is 1. The van der Waals surface area contributed by atoms with Crippen LogP contribution < -0.4 is 4.72 Å². The summed E-state index contributed by atoms with van der Waals surface area (Å²) in [5.41, 5.74) is -1.03. The summed E-state index contributed by atoms with van der Waals surface area (Å²) in [6, 6.07) is 6.45. The largest absolute Gasteiger partial charge is 0.306 e. The van der Waals surface area contributed by atoms with Gasteiger partial charge in [0.25, 0.3) is 10.0 Å². The predicted molar refractivity (Wildman–Crippen MR) is 80.3 cm³/mol. The van der Waals surface area contributed by atoms with Crippen LogP contribution in [0.15, 0.2) is 41.3 Å². The number of nitrogens with zero attached hydrogens (tertiary/aromatic N) is 1. The van der Waals surface area contributed by atoms with E-state index in [0.29, 0.717) is 0 Å². The van der Waals surface area contributed by atoms with Crippen molar-refractivity contribution in [1.29, 1.82) is 0 Å². The molecule has 0 fully saturated rings. The van der Waals surface area contributed by atoms with E-state index in [1.165, 1.54) is 12.1 Å². The fraction of sp³-hybridized carbons (Fsp3) is 0. The van der Waals surface area contributed by atoms with Crippen LogP contribution in [0.3, 0.4) is 0 Å². The Bertz CT molecular complexity index is 858. The number of benzene rings is 2. The highest BCUT2D eigenvalue weighted by Crippen LogP contribution is 2.28. The highest BCUT2D eigenvalue weighted by atomic mass is 35.5. The van der Waals surface area contributed by atoms with Gasteiger partial charge in [-0.15, -0.1) is 0 Å². The number of nitrogens with one attached hydrogen (secondary N) is 1. The van der Waals surface area contributed by atoms with Crippen molar-refractivity contribution < 1.29 is 17.7 Å². The van der Waals surface area contributed by atoms with Crippen LogP contribution >= 0.6 is 23.2 Å². The second kappa shape index (κ2) is 6.07. The van der Waals surface area contributed by atoms with Crippen LogP contribution in [-0.4, -0.2) is 13.3 Å². The van der Waals surface area contributed by atoms with Crippen molar-refractivity contribution in [2.45, 2.75) is 4.90 Å². The molecule has 0 atom stereocenters. The highest BCUT2D eigenvalue weighted by molar-refractivity contribution is 7.92. The van der Waals surface area contributed by atoms with Gasteiger partial charge in [0.2, 0.25) is 5.82 Å². The molecule has 10 heteroatoms. The molecule has 0 aromatic heterocycles. The van der Waals surface area contributed by atoms with E-state index in [-0.39, 0.29) is 20.6 Å². The lowest BCUT2D eigenvalue weighted by Gasteiger charge is -2.10. The zero-order chi connectivity index (χ0) is 16.5. The maximum absolute atomic E-state index is 13.2. The van der Waals surface area contributed by atoms with Crippen molar-refractivity contribution in [3.8, 4) is 0 Å². The summed E-state index contributed by atoms with van der Waals surface area (Å²) in [4.78, 5) is 9.40. The molecule has 0 aliphatic heterocycles. The Morgan fingerprint density at radius 1 is 1.14 bits per heavy atom. The molecule has 2 aromatic rings. The average Bonchev–Trinajstić information content (AvgIpc) is 2.43. The first-order valence-electron chi connectivity index (χ1n) is 5.62. The molecule has 0 aliphatic carbocycles. The number of nitro groups is 1. The number of rotatable bonds is 4. The molecule has 0 amide bonds. The van der Waals surface area contributed by atoms with Gasteiger partial charge in [0.05, 0.1) is 15.6 Å². The lowest BCUT2D eigenvalue weighted by atomic mass is 10.3. The van der Waals surface area contributed by atoms with Crippen LogP contribution in [0.2, 0.25) is 10.0 Å². The predicted octanol–water partition coefficient (Wildman–Crippen LogP) is 3.84. The number of nitro benzene ring substituents is 1. The van der Waals surface area contributed by atoms with Crippen molar-refractivity contribution in [2.24, 2.45) is 0 Å². The average molecular weight is 365 g/mol. The second-order valence-electron chi connectivity index (χ2n) is 4.10. The number of hydrogen-bond donors (Lipinski definition) is 1. The van der Waals surface area contributed by atoms with Gasteiger partial charge in [-0.25, -0.2) is 8.42 Å². The van der Waals surface area contributed by atoms with Gasteiger partial charge in [-0.1, -0.05) is 23.2 Å². The third-order valence-corrected chi connectivity index (χ3v) is 4.68. The Morgan fingerprint density at radius 3 is 2.45 bits per heavy atom. The summed E-state index contributed by atoms with van der Waals surface area (Å²) >= 11 is 11.5. The minimum Gasteiger partial charge on any atom is -0.279 e. The van der Waals surface area contributed by atoms with Gasteiger partial charge >= 0.3 is 5.69 Å². The minimum absolute atomic E-state index is 0.0755. The number of halogens is 3.